The van der Waals surface area contributed by atoms with E-state index in [1.54, 1.807) is 0 Å². The maximum absolute atomic E-state index is 12.6. The van der Waals surface area contributed by atoms with E-state index >= 15 is 0 Å². The first kappa shape index (κ1) is 15.9. The SMILES string of the molecule is O=C(Nc1ccc(N2CCCC2)cc1)c1cc2c(ccc3ccccc32)o1. The highest BCUT2D eigenvalue weighted by atomic mass is 16.3. The number of rotatable bonds is 3. The molecular formula is C23H20N2O2. The highest BCUT2D eigenvalue weighted by Gasteiger charge is 2.15. The molecular weight excluding hydrogens is 336 g/mol. The molecule has 134 valence electrons. The minimum atomic E-state index is -0.232. The number of carbonyl (C=O) groups excluding carboxylic acids is 1. The lowest BCUT2D eigenvalue weighted by molar-refractivity contribution is 0.0998. The smallest absolute Gasteiger partial charge is 0.291 e. The first-order valence-corrected chi connectivity index (χ1v) is 9.36. The van der Waals surface area contributed by atoms with Crippen molar-refractivity contribution in [1.29, 1.82) is 0 Å². The van der Waals surface area contributed by atoms with Gasteiger partial charge in [-0.05, 0) is 60.0 Å². The number of carbonyl (C=O) groups is 1. The maximum Gasteiger partial charge on any atom is 0.291 e. The molecule has 4 aromatic rings. The van der Waals surface area contributed by atoms with Crippen molar-refractivity contribution in [2.75, 3.05) is 23.3 Å². The third-order valence-corrected chi connectivity index (χ3v) is 5.25. The van der Waals surface area contributed by atoms with Crippen molar-refractivity contribution < 1.29 is 9.21 Å². The first-order chi connectivity index (χ1) is 13.3. The molecule has 2 heterocycles. The quantitative estimate of drug-likeness (QED) is 0.532. The highest BCUT2D eigenvalue weighted by molar-refractivity contribution is 6.10. The molecule has 4 heteroatoms. The lowest BCUT2D eigenvalue weighted by Crippen LogP contribution is -2.17. The number of hydrogen-bond acceptors (Lipinski definition) is 3. The normalized spacial score (nSPS) is 14.1. The molecule has 1 amide bonds. The zero-order valence-corrected chi connectivity index (χ0v) is 14.9. The summed E-state index contributed by atoms with van der Waals surface area (Å²) in [6.45, 7) is 2.22. The van der Waals surface area contributed by atoms with Gasteiger partial charge in [0.05, 0.1) is 0 Å². The molecule has 1 aliphatic rings. The fraction of sp³-hybridized carbons (Fsp3) is 0.174. The van der Waals surface area contributed by atoms with E-state index in [0.717, 1.165) is 40.5 Å². The molecule has 5 rings (SSSR count). The molecule has 0 radical (unpaired) electrons. The molecule has 0 unspecified atom stereocenters. The third-order valence-electron chi connectivity index (χ3n) is 5.25. The van der Waals surface area contributed by atoms with E-state index in [9.17, 15) is 4.79 Å². The Morgan fingerprint density at radius 2 is 1.67 bits per heavy atom. The number of nitrogens with zero attached hydrogens (tertiary/aromatic N) is 1. The van der Waals surface area contributed by atoms with E-state index in [2.05, 4.69) is 28.4 Å². The zero-order chi connectivity index (χ0) is 18.2. The minimum absolute atomic E-state index is 0.232. The molecule has 1 aliphatic heterocycles. The van der Waals surface area contributed by atoms with Crippen molar-refractivity contribution in [2.45, 2.75) is 12.8 Å². The minimum Gasteiger partial charge on any atom is -0.451 e. The van der Waals surface area contributed by atoms with E-state index in [-0.39, 0.29) is 5.91 Å². The van der Waals surface area contributed by atoms with Crippen LogP contribution in [0.15, 0.2) is 71.1 Å². The van der Waals surface area contributed by atoms with Crippen LogP contribution in [-0.4, -0.2) is 19.0 Å². The molecule has 4 nitrogen and oxygen atoms in total. The lowest BCUT2D eigenvalue weighted by Gasteiger charge is -2.17. The van der Waals surface area contributed by atoms with Gasteiger partial charge in [-0.3, -0.25) is 4.79 Å². The van der Waals surface area contributed by atoms with Crippen molar-refractivity contribution in [1.82, 2.24) is 0 Å². The molecule has 27 heavy (non-hydrogen) atoms. The van der Waals surface area contributed by atoms with Crippen LogP contribution in [-0.2, 0) is 0 Å². The van der Waals surface area contributed by atoms with E-state index in [0.29, 0.717) is 5.76 Å². The van der Waals surface area contributed by atoms with Gasteiger partial charge in [-0.1, -0.05) is 30.3 Å². The number of nitrogens with one attached hydrogen (secondary N) is 1. The molecule has 0 saturated carbocycles. The molecule has 0 aliphatic carbocycles. The summed E-state index contributed by atoms with van der Waals surface area (Å²) < 4.78 is 5.79. The van der Waals surface area contributed by atoms with Crippen LogP contribution in [0.1, 0.15) is 23.4 Å². The van der Waals surface area contributed by atoms with Gasteiger partial charge >= 0.3 is 0 Å². The van der Waals surface area contributed by atoms with Crippen molar-refractivity contribution >= 4 is 39.0 Å². The van der Waals surface area contributed by atoms with Gasteiger partial charge in [0.2, 0.25) is 0 Å². The van der Waals surface area contributed by atoms with Gasteiger partial charge in [0.25, 0.3) is 5.91 Å². The summed E-state index contributed by atoms with van der Waals surface area (Å²) in [7, 11) is 0. The third kappa shape index (κ3) is 2.93. The Bertz CT molecular complexity index is 1120. The van der Waals surface area contributed by atoms with Gasteiger partial charge in [0.15, 0.2) is 5.76 Å². The maximum atomic E-state index is 12.6. The van der Waals surface area contributed by atoms with Crippen LogP contribution in [0, 0.1) is 0 Å². The van der Waals surface area contributed by atoms with Gasteiger partial charge in [-0.25, -0.2) is 0 Å². The Kier molecular flexibility index (Phi) is 3.82. The number of furan rings is 1. The van der Waals surface area contributed by atoms with Gasteiger partial charge < -0.3 is 14.6 Å². The zero-order valence-electron chi connectivity index (χ0n) is 14.9. The first-order valence-electron chi connectivity index (χ1n) is 9.36. The lowest BCUT2D eigenvalue weighted by atomic mass is 10.1. The summed E-state index contributed by atoms with van der Waals surface area (Å²) in [6, 6.07) is 21.9. The monoisotopic (exact) mass is 356 g/mol. The second kappa shape index (κ2) is 6.47. The largest absolute Gasteiger partial charge is 0.451 e. The van der Waals surface area contributed by atoms with Crippen LogP contribution >= 0.6 is 0 Å². The standard InChI is InChI=1S/C23H20N2O2/c26-23(24-17-8-10-18(11-9-17)25-13-3-4-14-25)22-15-20-19-6-2-1-5-16(19)7-12-21(20)27-22/h1-2,5-12,15H,3-4,13-14H2,(H,24,26). The molecule has 0 bridgehead atoms. The Balaban J connectivity index is 1.39. The summed E-state index contributed by atoms with van der Waals surface area (Å²) >= 11 is 0. The predicted octanol–water partition coefficient (Wildman–Crippen LogP) is 5.44. The molecule has 1 fully saturated rings. The molecule has 1 N–H and O–H groups in total. The van der Waals surface area contributed by atoms with Crippen LogP contribution < -0.4 is 10.2 Å². The van der Waals surface area contributed by atoms with Crippen molar-refractivity contribution in [3.8, 4) is 0 Å². The summed E-state index contributed by atoms with van der Waals surface area (Å²) in [5.74, 6) is 0.0918. The van der Waals surface area contributed by atoms with Gasteiger partial charge in [-0.2, -0.15) is 0 Å². The summed E-state index contributed by atoms with van der Waals surface area (Å²) in [5.41, 5.74) is 2.71. The van der Waals surface area contributed by atoms with Gasteiger partial charge in [0.1, 0.15) is 5.58 Å². The molecule has 3 aromatic carbocycles. The van der Waals surface area contributed by atoms with Crippen molar-refractivity contribution in [2.24, 2.45) is 0 Å². The average Bonchev–Trinajstić information content (AvgIpc) is 3.38. The summed E-state index contributed by atoms with van der Waals surface area (Å²) in [6.07, 6.45) is 2.50. The van der Waals surface area contributed by atoms with E-state index in [4.69, 9.17) is 4.42 Å². The molecule has 1 aromatic heterocycles. The second-order valence-corrected chi connectivity index (χ2v) is 7.00. The van der Waals surface area contributed by atoms with Crippen LogP contribution in [0.5, 0.6) is 0 Å². The number of benzene rings is 3. The number of amides is 1. The van der Waals surface area contributed by atoms with Crippen molar-refractivity contribution in [3.63, 3.8) is 0 Å². The van der Waals surface area contributed by atoms with E-state index < -0.39 is 0 Å². The predicted molar refractivity (Wildman–Crippen MR) is 110 cm³/mol. The Labute approximate surface area is 157 Å². The topological polar surface area (TPSA) is 45.5 Å². The molecule has 0 atom stereocenters. The fourth-order valence-electron chi connectivity index (χ4n) is 3.83. The van der Waals surface area contributed by atoms with E-state index in [1.807, 2.05) is 48.5 Å². The average molecular weight is 356 g/mol. The van der Waals surface area contributed by atoms with Crippen LogP contribution in [0.25, 0.3) is 21.7 Å². The summed E-state index contributed by atoms with van der Waals surface area (Å²) in [4.78, 5) is 15.0. The van der Waals surface area contributed by atoms with E-state index in [1.165, 1.54) is 18.5 Å². The fourth-order valence-corrected chi connectivity index (χ4v) is 3.83. The van der Waals surface area contributed by atoms with Gasteiger partial charge in [0, 0.05) is 29.9 Å². The van der Waals surface area contributed by atoms with Crippen molar-refractivity contribution in [3.05, 3.63) is 72.5 Å². The Hall–Kier alpha value is -3.27. The summed E-state index contributed by atoms with van der Waals surface area (Å²) in [5, 5.41) is 6.12. The highest BCUT2D eigenvalue weighted by Crippen LogP contribution is 2.29. The second-order valence-electron chi connectivity index (χ2n) is 7.00. The van der Waals surface area contributed by atoms with Gasteiger partial charge in [-0.15, -0.1) is 0 Å². The number of fused-ring (bicyclic) bond motifs is 3. The van der Waals surface area contributed by atoms with Crippen LogP contribution in [0.2, 0.25) is 0 Å². The molecule has 0 spiro atoms. The van der Waals surface area contributed by atoms with Crippen LogP contribution in [0.4, 0.5) is 11.4 Å². The molecule has 1 saturated heterocycles. The number of hydrogen-bond donors (Lipinski definition) is 1. The Morgan fingerprint density at radius 1 is 0.889 bits per heavy atom. The van der Waals surface area contributed by atoms with Crippen LogP contribution in [0.3, 0.4) is 0 Å². The number of anilines is 2. The Morgan fingerprint density at radius 3 is 2.48 bits per heavy atom.